The summed E-state index contributed by atoms with van der Waals surface area (Å²) in [6, 6.07) is 9.97. The predicted molar refractivity (Wildman–Crippen MR) is 123 cm³/mol. The molecule has 10 heteroatoms. The van der Waals surface area contributed by atoms with E-state index in [1.807, 2.05) is 13.8 Å². The highest BCUT2D eigenvalue weighted by molar-refractivity contribution is 7.99. The van der Waals surface area contributed by atoms with E-state index in [2.05, 4.69) is 15.3 Å². The zero-order valence-electron chi connectivity index (χ0n) is 17.5. The fourth-order valence-electron chi connectivity index (χ4n) is 3.06. The molecule has 0 bridgehead atoms. The van der Waals surface area contributed by atoms with Gasteiger partial charge in [-0.1, -0.05) is 30.0 Å². The number of amides is 1. The van der Waals surface area contributed by atoms with Crippen molar-refractivity contribution in [3.8, 4) is 0 Å². The lowest BCUT2D eigenvalue weighted by atomic mass is 10.2. The molecule has 0 saturated heterocycles. The first-order valence-electron chi connectivity index (χ1n) is 9.73. The maximum Gasteiger partial charge on any atom is 0.339 e. The molecule has 2 heterocycles. The maximum absolute atomic E-state index is 13.7. The minimum atomic E-state index is -0.924. The summed E-state index contributed by atoms with van der Waals surface area (Å²) in [4.78, 5) is 36.1. The van der Waals surface area contributed by atoms with Crippen molar-refractivity contribution in [2.24, 2.45) is 0 Å². The van der Waals surface area contributed by atoms with Crippen LogP contribution in [0.2, 0.25) is 0 Å². The normalized spacial score (nSPS) is 10.9. The molecule has 1 N–H and O–H groups in total. The van der Waals surface area contributed by atoms with Crippen molar-refractivity contribution < 1.29 is 23.1 Å². The summed E-state index contributed by atoms with van der Waals surface area (Å²) in [5.74, 6) is -3.46. The van der Waals surface area contributed by atoms with Crippen molar-refractivity contribution in [2.45, 2.75) is 23.8 Å². The number of esters is 1. The van der Waals surface area contributed by atoms with Gasteiger partial charge in [0.2, 0.25) is 0 Å². The topological polar surface area (TPSA) is 81.2 Å². The van der Waals surface area contributed by atoms with Gasteiger partial charge in [-0.05, 0) is 43.7 Å². The molecule has 4 aromatic rings. The Balaban J connectivity index is 1.50. The van der Waals surface area contributed by atoms with E-state index in [1.54, 1.807) is 35.6 Å². The Morgan fingerprint density at radius 1 is 1.06 bits per heavy atom. The molecule has 6 nitrogen and oxygen atoms in total. The third-order valence-corrected chi connectivity index (χ3v) is 7.00. The molecule has 0 aliphatic carbocycles. The first-order valence-corrected chi connectivity index (χ1v) is 11.4. The smallest absolute Gasteiger partial charge is 0.339 e. The number of hydrogen-bond donors (Lipinski definition) is 1. The molecule has 168 valence electrons. The number of benzene rings is 2. The highest BCUT2D eigenvalue weighted by atomic mass is 32.2. The fourth-order valence-corrected chi connectivity index (χ4v) is 5.19. The zero-order valence-corrected chi connectivity index (χ0v) is 19.2. The Morgan fingerprint density at radius 2 is 1.79 bits per heavy atom. The van der Waals surface area contributed by atoms with E-state index in [0.717, 1.165) is 32.8 Å². The van der Waals surface area contributed by atoms with Crippen molar-refractivity contribution in [1.29, 1.82) is 0 Å². The second-order valence-corrected chi connectivity index (χ2v) is 9.20. The molecule has 0 atom stereocenters. The predicted octanol–water partition coefficient (Wildman–Crippen LogP) is 5.53. The van der Waals surface area contributed by atoms with Crippen molar-refractivity contribution in [2.75, 3.05) is 11.9 Å². The first kappa shape index (κ1) is 22.8. The number of thiophene rings is 1. The van der Waals surface area contributed by atoms with Crippen LogP contribution in [-0.4, -0.2) is 28.5 Å². The highest BCUT2D eigenvalue weighted by Gasteiger charge is 2.19. The molecule has 0 fully saturated rings. The average Bonchev–Trinajstić information content (AvgIpc) is 3.09. The van der Waals surface area contributed by atoms with Crippen molar-refractivity contribution >= 4 is 50.9 Å². The molecule has 1 amide bonds. The summed E-state index contributed by atoms with van der Waals surface area (Å²) in [6.45, 7) is 3.31. The van der Waals surface area contributed by atoms with E-state index < -0.39 is 35.8 Å². The standard InChI is InChI=1S/C23H17F2N3O3S2/c1-12-13(2)32-21-19(12)22(27-11-26-21)33-17-9-4-3-6-14(17)23(30)31-10-18(29)28-20-15(24)7-5-8-16(20)25/h3-9,11H,10H2,1-2H3,(H,28,29). The lowest BCUT2D eigenvalue weighted by Gasteiger charge is -2.11. The van der Waals surface area contributed by atoms with E-state index >= 15 is 0 Å². The maximum atomic E-state index is 13.7. The van der Waals surface area contributed by atoms with Gasteiger partial charge in [0.05, 0.1) is 5.56 Å². The van der Waals surface area contributed by atoms with E-state index in [4.69, 9.17) is 4.74 Å². The number of anilines is 1. The molecular weight excluding hydrogens is 468 g/mol. The minimum Gasteiger partial charge on any atom is -0.452 e. The Kier molecular flexibility index (Phi) is 6.66. The number of nitrogens with one attached hydrogen (secondary N) is 1. The molecule has 33 heavy (non-hydrogen) atoms. The largest absolute Gasteiger partial charge is 0.452 e. The number of hydrogen-bond acceptors (Lipinski definition) is 7. The van der Waals surface area contributed by atoms with Gasteiger partial charge in [0.25, 0.3) is 5.91 Å². The molecule has 2 aromatic carbocycles. The van der Waals surface area contributed by atoms with Gasteiger partial charge < -0.3 is 10.1 Å². The van der Waals surface area contributed by atoms with Crippen LogP contribution in [0, 0.1) is 25.5 Å². The molecule has 0 saturated carbocycles. The number of rotatable bonds is 6. The van der Waals surface area contributed by atoms with E-state index in [1.165, 1.54) is 24.2 Å². The number of carbonyl (C=O) groups excluding carboxylic acids is 2. The SMILES string of the molecule is Cc1sc2ncnc(Sc3ccccc3C(=O)OCC(=O)Nc3c(F)cccc3F)c2c1C. The molecule has 0 radical (unpaired) electrons. The summed E-state index contributed by atoms with van der Waals surface area (Å²) in [7, 11) is 0. The van der Waals surface area contributed by atoms with Crippen molar-refractivity contribution in [1.82, 2.24) is 9.97 Å². The van der Waals surface area contributed by atoms with Crippen LogP contribution < -0.4 is 5.32 Å². The van der Waals surface area contributed by atoms with Gasteiger partial charge in [0, 0.05) is 15.2 Å². The molecule has 0 aliphatic heterocycles. The quantitative estimate of drug-likeness (QED) is 0.286. The zero-order chi connectivity index (χ0) is 23.5. The lowest BCUT2D eigenvalue weighted by molar-refractivity contribution is -0.119. The molecule has 0 aliphatic rings. The number of nitrogens with zero attached hydrogens (tertiary/aromatic N) is 2. The van der Waals surface area contributed by atoms with Gasteiger partial charge >= 0.3 is 5.97 Å². The molecule has 0 unspecified atom stereocenters. The van der Waals surface area contributed by atoms with Crippen LogP contribution in [0.5, 0.6) is 0 Å². The number of ether oxygens (including phenoxy) is 1. The molecule has 2 aromatic heterocycles. The number of aryl methyl sites for hydroxylation is 2. The number of aromatic nitrogens is 2. The molecule has 0 spiro atoms. The van der Waals surface area contributed by atoms with E-state index in [0.29, 0.717) is 9.92 Å². The van der Waals surface area contributed by atoms with Crippen molar-refractivity contribution in [3.05, 3.63) is 76.4 Å². The van der Waals surface area contributed by atoms with Crippen LogP contribution in [0.25, 0.3) is 10.2 Å². The number of para-hydroxylation sites is 1. The van der Waals surface area contributed by atoms with Crippen LogP contribution in [0.4, 0.5) is 14.5 Å². The molecular formula is C23H17F2N3O3S2. The fraction of sp³-hybridized carbons (Fsp3) is 0.130. The van der Waals surface area contributed by atoms with Crippen LogP contribution in [-0.2, 0) is 9.53 Å². The minimum absolute atomic E-state index is 0.240. The van der Waals surface area contributed by atoms with Crippen molar-refractivity contribution in [3.63, 3.8) is 0 Å². The number of fused-ring (bicyclic) bond motifs is 1. The third-order valence-electron chi connectivity index (χ3n) is 4.81. The second kappa shape index (κ2) is 9.63. The van der Waals surface area contributed by atoms with Gasteiger partial charge in [0.1, 0.15) is 33.5 Å². The second-order valence-electron chi connectivity index (χ2n) is 6.96. The van der Waals surface area contributed by atoms with Crippen LogP contribution in [0.3, 0.4) is 0 Å². The average molecular weight is 486 g/mol. The highest BCUT2D eigenvalue weighted by Crippen LogP contribution is 2.38. The van der Waals surface area contributed by atoms with Gasteiger partial charge in [0.15, 0.2) is 6.61 Å². The number of carbonyl (C=O) groups is 2. The summed E-state index contributed by atoms with van der Waals surface area (Å²) in [5.41, 5.74) is 0.725. The van der Waals surface area contributed by atoms with Crippen LogP contribution >= 0.6 is 23.1 Å². The van der Waals surface area contributed by atoms with Crippen LogP contribution in [0.15, 0.2) is 58.7 Å². The lowest BCUT2D eigenvalue weighted by Crippen LogP contribution is -2.22. The van der Waals surface area contributed by atoms with Gasteiger partial charge in [-0.25, -0.2) is 23.5 Å². The monoisotopic (exact) mass is 485 g/mol. The van der Waals surface area contributed by atoms with Gasteiger partial charge in [-0.2, -0.15) is 0 Å². The van der Waals surface area contributed by atoms with Crippen LogP contribution in [0.1, 0.15) is 20.8 Å². The summed E-state index contributed by atoms with van der Waals surface area (Å²) >= 11 is 2.87. The van der Waals surface area contributed by atoms with Gasteiger partial charge in [-0.15, -0.1) is 11.3 Å². The first-order chi connectivity index (χ1) is 15.8. The summed E-state index contributed by atoms with van der Waals surface area (Å²) < 4.78 is 32.5. The van der Waals surface area contributed by atoms with E-state index in [-0.39, 0.29) is 5.56 Å². The Hall–Kier alpha value is -3.37. The molecule has 4 rings (SSSR count). The van der Waals surface area contributed by atoms with Gasteiger partial charge in [-0.3, -0.25) is 4.79 Å². The number of halogens is 2. The Morgan fingerprint density at radius 3 is 2.55 bits per heavy atom. The van der Waals surface area contributed by atoms with E-state index in [9.17, 15) is 18.4 Å². The third kappa shape index (κ3) is 4.86. The summed E-state index contributed by atoms with van der Waals surface area (Å²) in [6.07, 6.45) is 1.48. The Labute approximate surface area is 196 Å². The Bertz CT molecular complexity index is 1350. The summed E-state index contributed by atoms with van der Waals surface area (Å²) in [5, 5.41) is 3.71.